The van der Waals surface area contributed by atoms with E-state index in [0.717, 1.165) is 0 Å². The Morgan fingerprint density at radius 3 is 2.42 bits per heavy atom. The fourth-order valence-electron chi connectivity index (χ4n) is 0.630. The van der Waals surface area contributed by atoms with E-state index >= 15 is 0 Å². The second kappa shape index (κ2) is 4.26. The molecule has 12 heavy (non-hydrogen) atoms. The van der Waals surface area contributed by atoms with Crippen LogP contribution in [0.3, 0.4) is 0 Å². The van der Waals surface area contributed by atoms with E-state index in [1.54, 1.807) is 0 Å². The Balaban J connectivity index is 2.86. The molecule has 0 radical (unpaired) electrons. The topological polar surface area (TPSA) is 55.3 Å². The minimum atomic E-state index is -2.93. The maximum absolute atomic E-state index is 10.1. The van der Waals surface area contributed by atoms with Crippen molar-refractivity contribution < 1.29 is 14.3 Å². The van der Waals surface area contributed by atoms with E-state index in [2.05, 4.69) is 4.52 Å². The lowest BCUT2D eigenvalue weighted by Crippen LogP contribution is -2.12. The fourth-order valence-corrected chi connectivity index (χ4v) is 1.45. The van der Waals surface area contributed by atoms with E-state index in [4.69, 9.17) is 23.2 Å². The molecule has 0 aliphatic rings. The highest BCUT2D eigenvalue weighted by atomic mass is 35.5. The lowest BCUT2D eigenvalue weighted by Gasteiger charge is -2.29. The van der Waals surface area contributed by atoms with Gasteiger partial charge in [0.05, 0.1) is 5.02 Å². The van der Waals surface area contributed by atoms with Crippen molar-refractivity contribution in [3.63, 3.8) is 0 Å². The number of rotatable bonds is 2. The van der Waals surface area contributed by atoms with Crippen molar-refractivity contribution in [2.45, 2.75) is 0 Å². The molecule has 0 fully saturated rings. The number of halogens is 2. The van der Waals surface area contributed by atoms with E-state index in [-0.39, 0.29) is 10.8 Å². The zero-order valence-corrected chi connectivity index (χ0v) is 8.07. The van der Waals surface area contributed by atoms with Crippen LogP contribution in [0.2, 0.25) is 10.0 Å². The molecule has 1 aromatic carbocycles. The average molecular weight is 225 g/mol. The molecule has 0 amide bonds. The normalized spacial score (nSPS) is 10.4. The SMILES string of the molecule is [O-]P([O-])Oc1ccc(Cl)cc1Cl. The van der Waals surface area contributed by atoms with Gasteiger partial charge in [-0.3, -0.25) is 0 Å². The van der Waals surface area contributed by atoms with Gasteiger partial charge >= 0.3 is 0 Å². The fraction of sp³-hybridized carbons (Fsp3) is 0. The Morgan fingerprint density at radius 2 is 1.92 bits per heavy atom. The lowest BCUT2D eigenvalue weighted by molar-refractivity contribution is -0.310. The molecule has 1 rings (SSSR count). The van der Waals surface area contributed by atoms with Gasteiger partial charge in [-0.05, 0) is 18.2 Å². The highest BCUT2D eigenvalue weighted by Crippen LogP contribution is 2.32. The quantitative estimate of drug-likeness (QED) is 0.713. The molecule has 0 aromatic heterocycles. The van der Waals surface area contributed by atoms with Gasteiger partial charge in [-0.15, -0.1) is 0 Å². The molecule has 0 aliphatic carbocycles. The van der Waals surface area contributed by atoms with Crippen LogP contribution in [0.1, 0.15) is 0 Å². The Kier molecular flexibility index (Phi) is 3.56. The molecule has 0 spiro atoms. The second-order valence-corrected chi connectivity index (χ2v) is 3.36. The molecular weight excluding hydrogens is 222 g/mol. The van der Waals surface area contributed by atoms with Crippen LogP contribution in [0.5, 0.6) is 5.75 Å². The first-order valence-electron chi connectivity index (χ1n) is 2.87. The zero-order valence-electron chi connectivity index (χ0n) is 5.66. The summed E-state index contributed by atoms with van der Waals surface area (Å²) in [5, 5.41) is 0.593. The summed E-state index contributed by atoms with van der Waals surface area (Å²) in [7, 11) is -2.93. The standard InChI is InChI=1S/C6H3Cl2O3P/c7-4-1-2-6(5(8)3-4)11-12(9)10/h1-3H/q-2. The molecule has 0 aliphatic heterocycles. The Bertz CT molecular complexity index is 279. The van der Waals surface area contributed by atoms with Gasteiger partial charge < -0.3 is 14.3 Å². The van der Waals surface area contributed by atoms with Gasteiger partial charge in [-0.1, -0.05) is 31.8 Å². The van der Waals surface area contributed by atoms with Gasteiger partial charge in [0.1, 0.15) is 5.75 Å². The van der Waals surface area contributed by atoms with Crippen molar-refractivity contribution in [3.8, 4) is 5.75 Å². The molecule has 1 aromatic rings. The second-order valence-electron chi connectivity index (χ2n) is 1.89. The van der Waals surface area contributed by atoms with Crippen molar-refractivity contribution in [2.75, 3.05) is 0 Å². The number of hydrogen-bond donors (Lipinski definition) is 0. The predicted octanol–water partition coefficient (Wildman–Crippen LogP) is 1.32. The van der Waals surface area contributed by atoms with Gasteiger partial charge in [-0.2, -0.15) is 0 Å². The highest BCUT2D eigenvalue weighted by Gasteiger charge is 1.99. The summed E-state index contributed by atoms with van der Waals surface area (Å²) in [6, 6.07) is 4.27. The Hall–Kier alpha value is -0.0500. The summed E-state index contributed by atoms with van der Waals surface area (Å²) in [5.41, 5.74) is 0. The van der Waals surface area contributed by atoms with Crippen molar-refractivity contribution in [3.05, 3.63) is 28.2 Å². The van der Waals surface area contributed by atoms with Gasteiger partial charge in [0, 0.05) is 5.02 Å². The van der Waals surface area contributed by atoms with Crippen molar-refractivity contribution in [1.82, 2.24) is 0 Å². The van der Waals surface area contributed by atoms with Crippen molar-refractivity contribution in [1.29, 1.82) is 0 Å². The number of benzene rings is 1. The minimum Gasteiger partial charge on any atom is -0.810 e. The average Bonchev–Trinajstić information content (AvgIpc) is 1.94. The third-order valence-electron chi connectivity index (χ3n) is 1.07. The molecule has 66 valence electrons. The lowest BCUT2D eigenvalue weighted by atomic mass is 10.3. The molecule has 0 atom stereocenters. The van der Waals surface area contributed by atoms with Gasteiger partial charge in [0.25, 0.3) is 0 Å². The first kappa shape index (κ1) is 10.0. The summed E-state index contributed by atoms with van der Waals surface area (Å²) in [6.45, 7) is 0. The van der Waals surface area contributed by atoms with Gasteiger partial charge in [0.15, 0.2) is 0 Å². The largest absolute Gasteiger partial charge is 0.810 e. The van der Waals surface area contributed by atoms with Crippen LogP contribution in [0.15, 0.2) is 18.2 Å². The summed E-state index contributed by atoms with van der Waals surface area (Å²) >= 11 is 11.2. The summed E-state index contributed by atoms with van der Waals surface area (Å²) in [6.07, 6.45) is 0. The van der Waals surface area contributed by atoms with E-state index in [0.29, 0.717) is 5.02 Å². The predicted molar refractivity (Wildman–Crippen MR) is 44.0 cm³/mol. The summed E-state index contributed by atoms with van der Waals surface area (Å²) in [5.74, 6) is 0.0807. The van der Waals surface area contributed by atoms with Crippen LogP contribution in [-0.4, -0.2) is 0 Å². The molecule has 0 unspecified atom stereocenters. The van der Waals surface area contributed by atoms with Crippen LogP contribution in [0, 0.1) is 0 Å². The van der Waals surface area contributed by atoms with Crippen LogP contribution < -0.4 is 14.3 Å². The molecule has 0 saturated carbocycles. The maximum atomic E-state index is 10.1. The Morgan fingerprint density at radius 1 is 1.25 bits per heavy atom. The smallest absolute Gasteiger partial charge is 0.138 e. The van der Waals surface area contributed by atoms with Crippen LogP contribution in [0.25, 0.3) is 0 Å². The summed E-state index contributed by atoms with van der Waals surface area (Å²) < 4.78 is 4.36. The van der Waals surface area contributed by atoms with Crippen molar-refractivity contribution in [2.24, 2.45) is 0 Å². The maximum Gasteiger partial charge on any atom is 0.138 e. The van der Waals surface area contributed by atoms with Crippen LogP contribution in [0.4, 0.5) is 0 Å². The van der Waals surface area contributed by atoms with E-state index < -0.39 is 8.60 Å². The third-order valence-corrected chi connectivity index (χ3v) is 1.94. The number of hydrogen-bond acceptors (Lipinski definition) is 3. The first-order valence-corrected chi connectivity index (χ1v) is 4.72. The molecule has 0 bridgehead atoms. The Labute approximate surface area is 80.5 Å². The van der Waals surface area contributed by atoms with E-state index in [9.17, 15) is 9.79 Å². The molecule has 0 N–H and O–H groups in total. The van der Waals surface area contributed by atoms with E-state index in [1.807, 2.05) is 0 Å². The van der Waals surface area contributed by atoms with Gasteiger partial charge in [0.2, 0.25) is 0 Å². The van der Waals surface area contributed by atoms with Crippen LogP contribution >= 0.6 is 31.8 Å². The zero-order chi connectivity index (χ0) is 9.14. The summed E-state index contributed by atoms with van der Waals surface area (Å²) in [4.78, 5) is 20.3. The molecule has 0 heterocycles. The van der Waals surface area contributed by atoms with Crippen molar-refractivity contribution >= 4 is 31.8 Å². The van der Waals surface area contributed by atoms with Crippen LogP contribution in [-0.2, 0) is 0 Å². The molecular formula is C6H3Cl2O3P-2. The molecule has 0 saturated heterocycles. The van der Waals surface area contributed by atoms with E-state index in [1.165, 1.54) is 18.2 Å². The molecule has 6 heteroatoms. The monoisotopic (exact) mass is 224 g/mol. The highest BCUT2D eigenvalue weighted by molar-refractivity contribution is 7.36. The first-order chi connectivity index (χ1) is 5.59. The molecule has 3 nitrogen and oxygen atoms in total. The third kappa shape index (κ3) is 2.77. The minimum absolute atomic E-state index is 0.0807. The van der Waals surface area contributed by atoms with Gasteiger partial charge in [-0.25, -0.2) is 0 Å².